The molecule has 4 heteroatoms. The monoisotopic (exact) mass is 276 g/mol. The first-order valence-electron chi connectivity index (χ1n) is 5.88. The van der Waals surface area contributed by atoms with E-state index in [2.05, 4.69) is 0 Å². The molecule has 2 rings (SSSR count). The number of hydrogen-bond acceptors (Lipinski definition) is 3. The Bertz CT molecular complexity index is 560. The number of rotatable bonds is 3. The Morgan fingerprint density at radius 1 is 1.26 bits per heavy atom. The predicted molar refractivity (Wildman–Crippen MR) is 73.0 cm³/mol. The molecule has 98 valence electrons. The van der Waals surface area contributed by atoms with E-state index in [1.165, 1.54) is 13.0 Å². The molecule has 1 aliphatic carbocycles. The fourth-order valence-electron chi connectivity index (χ4n) is 1.84. The molecule has 0 saturated heterocycles. The lowest BCUT2D eigenvalue weighted by Gasteiger charge is -2.24. The maximum absolute atomic E-state index is 12.2. The summed E-state index contributed by atoms with van der Waals surface area (Å²) in [4.78, 5) is 23.1. The summed E-state index contributed by atoms with van der Waals surface area (Å²) in [7, 11) is 0. The van der Waals surface area contributed by atoms with Crippen molar-refractivity contribution >= 4 is 23.4 Å². The molecular formula is C15H13ClO3. The average Bonchev–Trinajstić information content (AvgIpc) is 2.38. The highest BCUT2D eigenvalue weighted by Crippen LogP contribution is 2.30. The normalized spacial score (nSPS) is 21.7. The van der Waals surface area contributed by atoms with Crippen molar-refractivity contribution in [3.8, 4) is 0 Å². The van der Waals surface area contributed by atoms with Crippen molar-refractivity contribution in [2.45, 2.75) is 18.4 Å². The van der Waals surface area contributed by atoms with E-state index < -0.39 is 11.0 Å². The number of ether oxygens (including phenoxy) is 1. The largest absolute Gasteiger partial charge is 0.439 e. The number of hydrogen-bond donors (Lipinski definition) is 0. The molecule has 0 aliphatic heterocycles. The number of benzene rings is 1. The Labute approximate surface area is 116 Å². The van der Waals surface area contributed by atoms with Gasteiger partial charge in [0.25, 0.3) is 0 Å². The Hall–Kier alpha value is -1.87. The summed E-state index contributed by atoms with van der Waals surface area (Å²) in [6, 6.07) is 8.99. The number of alkyl halides is 1. The van der Waals surface area contributed by atoms with Gasteiger partial charge in [0.2, 0.25) is 5.06 Å². The Kier molecular flexibility index (Phi) is 3.86. The van der Waals surface area contributed by atoms with Gasteiger partial charge in [-0.2, -0.15) is 0 Å². The summed E-state index contributed by atoms with van der Waals surface area (Å²) in [6.07, 6.45) is 5.09. The molecule has 0 bridgehead atoms. The second-order valence-electron chi connectivity index (χ2n) is 4.27. The predicted octanol–water partition coefficient (Wildman–Crippen LogP) is 3.25. The van der Waals surface area contributed by atoms with E-state index in [0.717, 1.165) is 0 Å². The molecular weight excluding hydrogens is 264 g/mol. The number of ketones is 1. The van der Waals surface area contributed by atoms with Crippen molar-refractivity contribution in [2.75, 3.05) is 0 Å². The van der Waals surface area contributed by atoms with Crippen molar-refractivity contribution in [3.63, 3.8) is 0 Å². The molecule has 1 aliphatic rings. The van der Waals surface area contributed by atoms with Crippen LogP contribution in [0, 0.1) is 0 Å². The number of carbonyl (C=O) groups is 2. The molecule has 0 amide bonds. The Morgan fingerprint density at radius 3 is 2.47 bits per heavy atom. The maximum atomic E-state index is 12.2. The van der Waals surface area contributed by atoms with Crippen LogP contribution in [0.4, 0.5) is 0 Å². The van der Waals surface area contributed by atoms with Gasteiger partial charge in [0, 0.05) is 24.5 Å². The van der Waals surface area contributed by atoms with E-state index in [0.29, 0.717) is 11.1 Å². The van der Waals surface area contributed by atoms with E-state index in [-0.39, 0.29) is 12.2 Å². The van der Waals surface area contributed by atoms with Gasteiger partial charge in [0.15, 0.2) is 5.78 Å². The SMILES string of the molecule is CC(=O)OC1(Cl)C=CC(C(=O)c2ccccc2)=CC1. The highest BCUT2D eigenvalue weighted by molar-refractivity contribution is 6.25. The molecule has 3 nitrogen and oxygen atoms in total. The fraction of sp³-hybridized carbons (Fsp3) is 0.200. The zero-order chi connectivity index (χ0) is 13.9. The van der Waals surface area contributed by atoms with Crippen LogP contribution in [0.1, 0.15) is 23.7 Å². The van der Waals surface area contributed by atoms with Crippen LogP contribution in [0.5, 0.6) is 0 Å². The van der Waals surface area contributed by atoms with Crippen LogP contribution in [0.15, 0.2) is 54.1 Å². The fourth-order valence-corrected chi connectivity index (χ4v) is 2.09. The van der Waals surface area contributed by atoms with Gasteiger partial charge in [-0.15, -0.1) is 0 Å². The van der Waals surface area contributed by atoms with Crippen LogP contribution < -0.4 is 0 Å². The molecule has 0 radical (unpaired) electrons. The number of carbonyl (C=O) groups excluding carboxylic acids is 2. The second-order valence-corrected chi connectivity index (χ2v) is 4.91. The Morgan fingerprint density at radius 2 is 1.95 bits per heavy atom. The van der Waals surface area contributed by atoms with Crippen LogP contribution in [0.2, 0.25) is 0 Å². The summed E-state index contributed by atoms with van der Waals surface area (Å²) >= 11 is 6.10. The highest BCUT2D eigenvalue weighted by atomic mass is 35.5. The topological polar surface area (TPSA) is 43.4 Å². The van der Waals surface area contributed by atoms with E-state index in [1.807, 2.05) is 18.2 Å². The van der Waals surface area contributed by atoms with E-state index in [4.69, 9.17) is 16.3 Å². The van der Waals surface area contributed by atoms with Gasteiger partial charge in [-0.3, -0.25) is 9.59 Å². The minimum absolute atomic E-state index is 0.0709. The number of esters is 1. The highest BCUT2D eigenvalue weighted by Gasteiger charge is 2.29. The minimum Gasteiger partial charge on any atom is -0.439 e. The van der Waals surface area contributed by atoms with Gasteiger partial charge in [-0.1, -0.05) is 54.1 Å². The molecule has 0 spiro atoms. The molecule has 0 heterocycles. The van der Waals surface area contributed by atoms with E-state index in [9.17, 15) is 9.59 Å². The molecule has 0 saturated carbocycles. The van der Waals surface area contributed by atoms with E-state index >= 15 is 0 Å². The summed E-state index contributed by atoms with van der Waals surface area (Å²) in [5, 5.41) is -1.17. The maximum Gasteiger partial charge on any atom is 0.304 e. The molecule has 1 atom stereocenters. The summed E-state index contributed by atoms with van der Waals surface area (Å²) in [5.74, 6) is -0.524. The van der Waals surface area contributed by atoms with Crippen LogP contribution in [0.3, 0.4) is 0 Å². The third-order valence-corrected chi connectivity index (χ3v) is 3.08. The van der Waals surface area contributed by atoms with Gasteiger partial charge < -0.3 is 4.74 Å². The standard InChI is InChI=1S/C15H13ClO3/c1-11(17)19-15(16)9-7-13(8-10-15)14(18)12-5-3-2-4-6-12/h2-9H,10H2,1H3. The molecule has 19 heavy (non-hydrogen) atoms. The lowest BCUT2D eigenvalue weighted by atomic mass is 9.97. The zero-order valence-electron chi connectivity index (χ0n) is 10.4. The number of allylic oxidation sites excluding steroid dienone is 2. The van der Waals surface area contributed by atoms with Crippen LogP contribution >= 0.6 is 11.6 Å². The third-order valence-electron chi connectivity index (χ3n) is 2.72. The van der Waals surface area contributed by atoms with E-state index in [1.54, 1.807) is 24.3 Å². The van der Waals surface area contributed by atoms with Crippen molar-refractivity contribution in [2.24, 2.45) is 0 Å². The van der Waals surface area contributed by atoms with Crippen LogP contribution in [-0.4, -0.2) is 16.8 Å². The quantitative estimate of drug-likeness (QED) is 0.483. The van der Waals surface area contributed by atoms with Crippen molar-refractivity contribution in [1.29, 1.82) is 0 Å². The molecule has 1 aromatic rings. The average molecular weight is 277 g/mol. The first kappa shape index (κ1) is 13.6. The molecule has 1 aromatic carbocycles. The summed E-state index contributed by atoms with van der Waals surface area (Å²) in [5.41, 5.74) is 1.17. The molecule has 1 unspecified atom stereocenters. The van der Waals surface area contributed by atoms with Crippen molar-refractivity contribution in [3.05, 3.63) is 59.7 Å². The second kappa shape index (κ2) is 5.41. The molecule has 0 fully saturated rings. The molecule has 0 aromatic heterocycles. The van der Waals surface area contributed by atoms with Crippen molar-refractivity contribution < 1.29 is 14.3 Å². The van der Waals surface area contributed by atoms with Crippen molar-refractivity contribution in [1.82, 2.24) is 0 Å². The number of Topliss-reactive ketones (excluding diaryl/α,β-unsaturated/α-hetero) is 1. The molecule has 0 N–H and O–H groups in total. The zero-order valence-corrected chi connectivity index (χ0v) is 11.2. The first-order chi connectivity index (χ1) is 9.00. The Balaban J connectivity index is 2.12. The van der Waals surface area contributed by atoms with Gasteiger partial charge in [0.1, 0.15) is 0 Å². The minimum atomic E-state index is -1.17. The lowest BCUT2D eigenvalue weighted by molar-refractivity contribution is -0.146. The van der Waals surface area contributed by atoms with Gasteiger partial charge in [-0.25, -0.2) is 0 Å². The van der Waals surface area contributed by atoms with Gasteiger partial charge in [-0.05, 0) is 6.08 Å². The van der Waals surface area contributed by atoms with Crippen LogP contribution in [-0.2, 0) is 9.53 Å². The van der Waals surface area contributed by atoms with Crippen LogP contribution in [0.25, 0.3) is 0 Å². The van der Waals surface area contributed by atoms with Gasteiger partial charge in [0.05, 0.1) is 0 Å². The first-order valence-corrected chi connectivity index (χ1v) is 6.26. The summed E-state index contributed by atoms with van der Waals surface area (Å²) in [6.45, 7) is 1.30. The summed E-state index contributed by atoms with van der Waals surface area (Å²) < 4.78 is 5.00. The smallest absolute Gasteiger partial charge is 0.304 e. The lowest BCUT2D eigenvalue weighted by Crippen LogP contribution is -2.27. The number of halogens is 1. The third kappa shape index (κ3) is 3.32. The van der Waals surface area contributed by atoms with Gasteiger partial charge >= 0.3 is 5.97 Å².